The van der Waals surface area contributed by atoms with Crippen LogP contribution in [0.15, 0.2) is 72.8 Å². The molecule has 2 amide bonds. The van der Waals surface area contributed by atoms with Gasteiger partial charge < -0.3 is 15.1 Å². The molecule has 4 rings (SSSR count). The number of carbonyl (C=O) groups excluding carboxylic acids is 2. The molecule has 188 valence electrons. The minimum atomic E-state index is -3.71. The van der Waals surface area contributed by atoms with Crippen molar-refractivity contribution in [2.45, 2.75) is 19.6 Å². The van der Waals surface area contributed by atoms with Crippen molar-refractivity contribution >= 4 is 33.0 Å². The van der Waals surface area contributed by atoms with E-state index in [0.717, 1.165) is 24.3 Å². The fraction of sp³-hybridized carbons (Fsp3) is 0.286. The average Bonchev–Trinajstić information content (AvgIpc) is 2.84. The minimum Gasteiger partial charge on any atom is -0.368 e. The van der Waals surface area contributed by atoms with E-state index in [4.69, 9.17) is 0 Å². The first-order valence-corrected chi connectivity index (χ1v) is 13.8. The maximum Gasteiger partial charge on any atom is 0.253 e. The van der Waals surface area contributed by atoms with E-state index in [1.165, 1.54) is 5.56 Å². The van der Waals surface area contributed by atoms with Crippen LogP contribution in [0.2, 0.25) is 0 Å². The molecule has 0 aromatic heterocycles. The lowest BCUT2D eigenvalue weighted by Crippen LogP contribution is -2.48. The lowest BCUT2D eigenvalue weighted by Gasteiger charge is -2.36. The molecule has 1 aliphatic rings. The summed E-state index contributed by atoms with van der Waals surface area (Å²) in [5.74, 6) is -1.64. The summed E-state index contributed by atoms with van der Waals surface area (Å²) >= 11 is 0. The van der Waals surface area contributed by atoms with Gasteiger partial charge in [-0.3, -0.25) is 9.59 Å². The lowest BCUT2D eigenvalue weighted by atomic mass is 10.1. The highest BCUT2D eigenvalue weighted by molar-refractivity contribution is 7.91. The van der Waals surface area contributed by atoms with E-state index in [9.17, 15) is 18.0 Å². The van der Waals surface area contributed by atoms with Crippen molar-refractivity contribution in [1.82, 2.24) is 4.90 Å². The smallest absolute Gasteiger partial charge is 0.253 e. The monoisotopic (exact) mass is 505 g/mol. The van der Waals surface area contributed by atoms with Gasteiger partial charge in [-0.2, -0.15) is 0 Å². The third-order valence-electron chi connectivity index (χ3n) is 6.18. The van der Waals surface area contributed by atoms with Crippen LogP contribution < -0.4 is 10.2 Å². The molecule has 1 saturated heterocycles. The molecule has 1 heterocycles. The summed E-state index contributed by atoms with van der Waals surface area (Å²) in [6.45, 7) is 6.65. The summed E-state index contributed by atoms with van der Waals surface area (Å²) in [5, 5.41) is 2.62. The first-order chi connectivity index (χ1) is 17.2. The van der Waals surface area contributed by atoms with E-state index < -0.39 is 21.5 Å². The van der Waals surface area contributed by atoms with E-state index in [1.54, 1.807) is 41.3 Å². The van der Waals surface area contributed by atoms with Gasteiger partial charge in [0.1, 0.15) is 5.75 Å². The fourth-order valence-corrected chi connectivity index (χ4v) is 5.57. The molecule has 0 spiro atoms. The molecule has 1 N–H and O–H groups in total. The number of rotatable bonds is 7. The third kappa shape index (κ3) is 6.73. The van der Waals surface area contributed by atoms with E-state index in [0.29, 0.717) is 29.9 Å². The van der Waals surface area contributed by atoms with Crippen molar-refractivity contribution < 1.29 is 18.0 Å². The Morgan fingerprint density at radius 2 is 1.53 bits per heavy atom. The lowest BCUT2D eigenvalue weighted by molar-refractivity contribution is -0.113. The number of hydrogen-bond acceptors (Lipinski definition) is 5. The number of benzene rings is 3. The van der Waals surface area contributed by atoms with Crippen molar-refractivity contribution in [3.05, 3.63) is 95.1 Å². The summed E-state index contributed by atoms with van der Waals surface area (Å²) in [7, 11) is -3.71. The number of hydrogen-bond donors (Lipinski definition) is 1. The van der Waals surface area contributed by atoms with E-state index >= 15 is 0 Å². The Morgan fingerprint density at radius 3 is 2.22 bits per heavy atom. The molecular weight excluding hydrogens is 474 g/mol. The predicted octanol–water partition coefficient (Wildman–Crippen LogP) is 3.82. The zero-order valence-corrected chi connectivity index (χ0v) is 21.4. The van der Waals surface area contributed by atoms with Gasteiger partial charge in [0, 0.05) is 43.1 Å². The maximum atomic E-state index is 13.1. The van der Waals surface area contributed by atoms with Crippen molar-refractivity contribution in [1.29, 1.82) is 0 Å². The van der Waals surface area contributed by atoms with Crippen LogP contribution in [-0.4, -0.2) is 57.1 Å². The summed E-state index contributed by atoms with van der Waals surface area (Å²) in [6, 6.07) is 22.1. The number of carbonyl (C=O) groups is 2. The van der Waals surface area contributed by atoms with Gasteiger partial charge >= 0.3 is 0 Å². The highest BCUT2D eigenvalue weighted by atomic mass is 32.2. The van der Waals surface area contributed by atoms with Gasteiger partial charge in [-0.05, 0) is 61.4 Å². The number of anilines is 2. The van der Waals surface area contributed by atoms with Crippen molar-refractivity contribution in [2.24, 2.45) is 0 Å². The van der Waals surface area contributed by atoms with Crippen LogP contribution >= 0.6 is 0 Å². The molecule has 0 bridgehead atoms. The van der Waals surface area contributed by atoms with Crippen LogP contribution in [0, 0.1) is 13.8 Å². The molecule has 1 fully saturated rings. The molecule has 7 nitrogen and oxygen atoms in total. The molecule has 0 atom stereocenters. The molecule has 36 heavy (non-hydrogen) atoms. The van der Waals surface area contributed by atoms with Crippen LogP contribution in [0.3, 0.4) is 0 Å². The van der Waals surface area contributed by atoms with Crippen LogP contribution in [0.5, 0.6) is 0 Å². The van der Waals surface area contributed by atoms with Gasteiger partial charge in [0.05, 0.1) is 5.75 Å². The van der Waals surface area contributed by atoms with Gasteiger partial charge in [0.25, 0.3) is 5.91 Å². The predicted molar refractivity (Wildman–Crippen MR) is 143 cm³/mol. The number of aryl methyl sites for hydroxylation is 2. The molecule has 0 unspecified atom stereocenters. The van der Waals surface area contributed by atoms with E-state index in [1.807, 2.05) is 25.1 Å². The Balaban J connectivity index is 1.34. The number of nitrogens with zero attached hydrogens (tertiary/aromatic N) is 2. The van der Waals surface area contributed by atoms with E-state index in [2.05, 4.69) is 35.3 Å². The summed E-state index contributed by atoms with van der Waals surface area (Å²) < 4.78 is 25.3. The fourth-order valence-electron chi connectivity index (χ4n) is 4.31. The second-order valence-electron chi connectivity index (χ2n) is 9.27. The van der Waals surface area contributed by atoms with Gasteiger partial charge in [-0.15, -0.1) is 0 Å². The van der Waals surface area contributed by atoms with Crippen LogP contribution in [-0.2, 0) is 20.4 Å². The van der Waals surface area contributed by atoms with Crippen LogP contribution in [0.1, 0.15) is 27.0 Å². The Hall–Kier alpha value is -3.65. The highest BCUT2D eigenvalue weighted by Gasteiger charge is 2.23. The quantitative estimate of drug-likeness (QED) is 0.528. The Kier molecular flexibility index (Phi) is 7.74. The second-order valence-corrected chi connectivity index (χ2v) is 11.3. The largest absolute Gasteiger partial charge is 0.368 e. The highest BCUT2D eigenvalue weighted by Crippen LogP contribution is 2.19. The van der Waals surface area contributed by atoms with Crippen LogP contribution in [0.25, 0.3) is 0 Å². The Labute approximate surface area is 212 Å². The number of nitrogens with one attached hydrogen (secondary N) is 1. The number of sulfone groups is 1. The SMILES string of the molecule is Cc1ccc(NC(=O)CS(=O)(=O)Cc2cccc(C(=O)N3CCN(c4cccc(C)c4)CC3)c2)cc1. The zero-order chi connectivity index (χ0) is 25.7. The van der Waals surface area contributed by atoms with Crippen molar-refractivity contribution in [3.8, 4) is 0 Å². The molecule has 1 aliphatic heterocycles. The maximum absolute atomic E-state index is 13.1. The molecule has 0 radical (unpaired) electrons. The topological polar surface area (TPSA) is 86.8 Å². The van der Waals surface area contributed by atoms with Crippen molar-refractivity contribution in [3.63, 3.8) is 0 Å². The molecule has 3 aromatic carbocycles. The van der Waals surface area contributed by atoms with E-state index in [-0.39, 0.29) is 11.7 Å². The van der Waals surface area contributed by atoms with Crippen molar-refractivity contribution in [2.75, 3.05) is 42.1 Å². The normalized spacial score (nSPS) is 13.9. The first kappa shape index (κ1) is 25.4. The number of piperazine rings is 1. The number of amides is 2. The van der Waals surface area contributed by atoms with Gasteiger partial charge in [-0.25, -0.2) is 8.42 Å². The summed E-state index contributed by atoms with van der Waals surface area (Å²) in [5.41, 5.74) is 4.89. The summed E-state index contributed by atoms with van der Waals surface area (Å²) in [6.07, 6.45) is 0. The van der Waals surface area contributed by atoms with Crippen LogP contribution in [0.4, 0.5) is 11.4 Å². The summed E-state index contributed by atoms with van der Waals surface area (Å²) in [4.78, 5) is 29.5. The second kappa shape index (κ2) is 11.0. The van der Waals surface area contributed by atoms with Gasteiger partial charge in [0.2, 0.25) is 5.91 Å². The third-order valence-corrected chi connectivity index (χ3v) is 7.66. The molecule has 8 heteroatoms. The molecule has 3 aromatic rings. The minimum absolute atomic E-state index is 0.116. The van der Waals surface area contributed by atoms with Gasteiger partial charge in [0.15, 0.2) is 9.84 Å². The zero-order valence-electron chi connectivity index (χ0n) is 20.6. The van der Waals surface area contributed by atoms with Gasteiger partial charge in [-0.1, -0.05) is 42.0 Å². The average molecular weight is 506 g/mol. The molecule has 0 aliphatic carbocycles. The molecule has 0 saturated carbocycles. The standard InChI is InChI=1S/C28H31N3O4S/c1-21-9-11-25(12-10-21)29-27(32)20-36(34,35)19-23-6-4-7-24(18-23)28(33)31-15-13-30(14-16-31)26-8-3-5-22(2)17-26/h3-12,17-18H,13-16,19-20H2,1-2H3,(H,29,32). The molecular formula is C28H31N3O4S. The first-order valence-electron chi connectivity index (χ1n) is 12.0. The Bertz CT molecular complexity index is 1350. The Morgan fingerprint density at radius 1 is 0.833 bits per heavy atom.